The summed E-state index contributed by atoms with van der Waals surface area (Å²) in [5, 5.41) is 0. The number of nitrogens with one attached hydrogen (secondary N) is 1. The number of hydrogen-bond acceptors (Lipinski definition) is 3. The molecule has 0 saturated heterocycles. The van der Waals surface area contributed by atoms with Crippen molar-refractivity contribution in [1.82, 2.24) is 9.97 Å². The number of H-pyrrole nitrogens is 1. The van der Waals surface area contributed by atoms with Crippen LogP contribution >= 0.6 is 0 Å². The summed E-state index contributed by atoms with van der Waals surface area (Å²) in [6.07, 6.45) is 3.83. The zero-order valence-corrected chi connectivity index (χ0v) is 11.1. The maximum Gasteiger partial charge on any atom is 0.255 e. The summed E-state index contributed by atoms with van der Waals surface area (Å²) < 4.78 is 0. The first-order chi connectivity index (χ1) is 9.16. The van der Waals surface area contributed by atoms with Gasteiger partial charge in [-0.1, -0.05) is 30.3 Å². The zero-order chi connectivity index (χ0) is 13.7. The van der Waals surface area contributed by atoms with Gasteiger partial charge < -0.3 is 5.73 Å². The van der Waals surface area contributed by atoms with E-state index in [1.54, 1.807) is 0 Å². The molecule has 1 heterocycles. The van der Waals surface area contributed by atoms with Crippen LogP contribution in [0.4, 0.5) is 5.95 Å². The van der Waals surface area contributed by atoms with Crippen LogP contribution in [0.2, 0.25) is 0 Å². The number of aromatic amines is 1. The predicted octanol–water partition coefficient (Wildman–Crippen LogP) is 2.23. The Kier molecular flexibility index (Phi) is 4.34. The third-order valence-electron chi connectivity index (χ3n) is 3.23. The minimum atomic E-state index is -0.107. The van der Waals surface area contributed by atoms with Crippen molar-refractivity contribution in [3.05, 3.63) is 57.5 Å². The lowest BCUT2D eigenvalue weighted by Crippen LogP contribution is -2.18. The largest absolute Gasteiger partial charge is 0.369 e. The summed E-state index contributed by atoms with van der Waals surface area (Å²) in [7, 11) is 0. The second-order valence-corrected chi connectivity index (χ2v) is 4.71. The number of aromatic nitrogens is 2. The molecule has 19 heavy (non-hydrogen) atoms. The van der Waals surface area contributed by atoms with Gasteiger partial charge in [0.2, 0.25) is 5.95 Å². The minimum absolute atomic E-state index is 0.107. The lowest BCUT2D eigenvalue weighted by molar-refractivity contribution is 0.723. The van der Waals surface area contributed by atoms with Gasteiger partial charge in [0.15, 0.2) is 0 Å². The fraction of sp³-hybridized carbons (Fsp3) is 0.333. The van der Waals surface area contributed by atoms with Crippen molar-refractivity contribution in [1.29, 1.82) is 0 Å². The van der Waals surface area contributed by atoms with Crippen LogP contribution in [-0.2, 0) is 12.8 Å². The Balaban J connectivity index is 1.88. The average molecular weight is 257 g/mol. The molecule has 0 amide bonds. The summed E-state index contributed by atoms with van der Waals surface area (Å²) in [6, 6.07) is 10.4. The van der Waals surface area contributed by atoms with E-state index in [4.69, 9.17) is 5.73 Å². The van der Waals surface area contributed by atoms with Crippen LogP contribution in [0.15, 0.2) is 35.1 Å². The molecule has 3 N–H and O–H groups in total. The summed E-state index contributed by atoms with van der Waals surface area (Å²) in [6.45, 7) is 1.83. The highest BCUT2D eigenvalue weighted by Gasteiger charge is 2.06. The van der Waals surface area contributed by atoms with Gasteiger partial charge in [0.1, 0.15) is 0 Å². The van der Waals surface area contributed by atoms with Crippen molar-refractivity contribution in [2.45, 2.75) is 32.6 Å². The van der Waals surface area contributed by atoms with E-state index in [-0.39, 0.29) is 11.5 Å². The summed E-state index contributed by atoms with van der Waals surface area (Å²) in [5.74, 6) is 0.190. The van der Waals surface area contributed by atoms with Crippen molar-refractivity contribution < 1.29 is 0 Å². The Hall–Kier alpha value is -2.10. The topological polar surface area (TPSA) is 71.8 Å². The van der Waals surface area contributed by atoms with E-state index in [9.17, 15) is 4.79 Å². The van der Waals surface area contributed by atoms with E-state index in [0.29, 0.717) is 0 Å². The highest BCUT2D eigenvalue weighted by atomic mass is 16.1. The van der Waals surface area contributed by atoms with Crippen LogP contribution in [0.5, 0.6) is 0 Å². The highest BCUT2D eigenvalue weighted by molar-refractivity contribution is 5.24. The first-order valence-corrected chi connectivity index (χ1v) is 6.56. The standard InChI is InChI=1S/C15H19N3O/c1-11-13(14(19)18-15(16)17-11)10-6-5-9-12-7-3-2-4-8-12/h2-4,7-8H,5-6,9-10H2,1H3,(H3,16,17,18,19). The molecule has 1 aromatic heterocycles. The fourth-order valence-electron chi connectivity index (χ4n) is 2.20. The number of anilines is 1. The average Bonchev–Trinajstić information content (AvgIpc) is 2.38. The monoisotopic (exact) mass is 257 g/mol. The molecule has 0 radical (unpaired) electrons. The molecule has 0 aliphatic carbocycles. The number of benzene rings is 1. The number of rotatable bonds is 5. The number of aryl methyl sites for hydroxylation is 2. The number of nitrogens with two attached hydrogens (primary N) is 1. The number of nitrogens with zero attached hydrogens (tertiary/aromatic N) is 1. The SMILES string of the molecule is Cc1nc(N)[nH]c(=O)c1CCCCc1ccccc1. The number of unbranched alkanes of at least 4 members (excludes halogenated alkanes) is 1. The fourth-order valence-corrected chi connectivity index (χ4v) is 2.20. The molecule has 0 saturated carbocycles. The lowest BCUT2D eigenvalue weighted by Gasteiger charge is -2.05. The van der Waals surface area contributed by atoms with Gasteiger partial charge in [0.05, 0.1) is 0 Å². The molecule has 0 aliphatic rings. The second kappa shape index (κ2) is 6.18. The molecule has 0 fully saturated rings. The van der Waals surface area contributed by atoms with Crippen molar-refractivity contribution >= 4 is 5.95 Å². The molecule has 0 bridgehead atoms. The molecule has 0 atom stereocenters. The molecule has 1 aromatic carbocycles. The summed E-state index contributed by atoms with van der Waals surface area (Å²) in [4.78, 5) is 18.4. The molecule has 4 heteroatoms. The van der Waals surface area contributed by atoms with Crippen LogP contribution in [0.1, 0.15) is 29.7 Å². The molecule has 2 aromatic rings. The Morgan fingerprint density at radius 2 is 1.84 bits per heavy atom. The Bertz CT molecular complexity index is 590. The van der Waals surface area contributed by atoms with E-state index in [0.717, 1.165) is 36.9 Å². The Labute approximate surface area is 112 Å². The molecular weight excluding hydrogens is 238 g/mol. The summed E-state index contributed by atoms with van der Waals surface area (Å²) in [5.41, 5.74) is 8.21. The van der Waals surface area contributed by atoms with Crippen LogP contribution in [0, 0.1) is 6.92 Å². The maximum absolute atomic E-state index is 11.7. The van der Waals surface area contributed by atoms with Gasteiger partial charge in [0, 0.05) is 11.3 Å². The Morgan fingerprint density at radius 1 is 1.16 bits per heavy atom. The van der Waals surface area contributed by atoms with Crippen molar-refractivity contribution in [3.63, 3.8) is 0 Å². The molecular formula is C15H19N3O. The van der Waals surface area contributed by atoms with Crippen molar-refractivity contribution in [2.75, 3.05) is 5.73 Å². The molecule has 0 spiro atoms. The van der Waals surface area contributed by atoms with E-state index < -0.39 is 0 Å². The van der Waals surface area contributed by atoms with Gasteiger partial charge >= 0.3 is 0 Å². The van der Waals surface area contributed by atoms with Gasteiger partial charge in [-0.2, -0.15) is 0 Å². The van der Waals surface area contributed by atoms with Crippen molar-refractivity contribution in [2.24, 2.45) is 0 Å². The predicted molar refractivity (Wildman–Crippen MR) is 77.1 cm³/mol. The first kappa shape index (κ1) is 13.3. The third-order valence-corrected chi connectivity index (χ3v) is 3.23. The molecule has 2 rings (SSSR count). The van der Waals surface area contributed by atoms with Crippen molar-refractivity contribution in [3.8, 4) is 0 Å². The molecule has 4 nitrogen and oxygen atoms in total. The van der Waals surface area contributed by atoms with Gasteiger partial charge in [-0.25, -0.2) is 4.98 Å². The van der Waals surface area contributed by atoms with Crippen LogP contribution in [0.3, 0.4) is 0 Å². The molecule has 0 aliphatic heterocycles. The molecule has 0 unspecified atom stereocenters. The minimum Gasteiger partial charge on any atom is -0.369 e. The summed E-state index contributed by atoms with van der Waals surface area (Å²) >= 11 is 0. The number of nitrogen functional groups attached to an aromatic ring is 1. The highest BCUT2D eigenvalue weighted by Crippen LogP contribution is 2.09. The Morgan fingerprint density at radius 3 is 2.53 bits per heavy atom. The normalized spacial score (nSPS) is 10.6. The van der Waals surface area contributed by atoms with Gasteiger partial charge in [-0.05, 0) is 38.2 Å². The third kappa shape index (κ3) is 3.68. The van der Waals surface area contributed by atoms with E-state index in [1.165, 1.54) is 5.56 Å². The van der Waals surface area contributed by atoms with E-state index in [1.807, 2.05) is 25.1 Å². The van der Waals surface area contributed by atoms with Gasteiger partial charge in [0.25, 0.3) is 5.56 Å². The molecule has 100 valence electrons. The quantitative estimate of drug-likeness (QED) is 0.807. The second-order valence-electron chi connectivity index (χ2n) is 4.71. The van der Waals surface area contributed by atoms with Gasteiger partial charge in [-0.15, -0.1) is 0 Å². The maximum atomic E-state index is 11.7. The van der Waals surface area contributed by atoms with E-state index >= 15 is 0 Å². The zero-order valence-electron chi connectivity index (χ0n) is 11.1. The lowest BCUT2D eigenvalue weighted by atomic mass is 10.0. The van der Waals surface area contributed by atoms with Gasteiger partial charge in [-0.3, -0.25) is 9.78 Å². The van der Waals surface area contributed by atoms with Crippen LogP contribution < -0.4 is 11.3 Å². The number of hydrogen-bond donors (Lipinski definition) is 2. The smallest absolute Gasteiger partial charge is 0.255 e. The van der Waals surface area contributed by atoms with E-state index in [2.05, 4.69) is 22.1 Å². The van der Waals surface area contributed by atoms with Crippen LogP contribution in [0.25, 0.3) is 0 Å². The first-order valence-electron chi connectivity index (χ1n) is 6.56. The van der Waals surface area contributed by atoms with Crippen LogP contribution in [-0.4, -0.2) is 9.97 Å².